The van der Waals surface area contributed by atoms with Gasteiger partial charge in [0, 0.05) is 18.5 Å². The summed E-state index contributed by atoms with van der Waals surface area (Å²) < 4.78 is 0. The maximum atomic E-state index is 12.7. The van der Waals surface area contributed by atoms with Crippen LogP contribution in [0.1, 0.15) is 70.8 Å². The lowest BCUT2D eigenvalue weighted by Gasteiger charge is -2.29. The van der Waals surface area contributed by atoms with Crippen LogP contribution in [0, 0.1) is 17.8 Å². The summed E-state index contributed by atoms with van der Waals surface area (Å²) in [5.74, 6) is 0.871. The summed E-state index contributed by atoms with van der Waals surface area (Å²) in [4.78, 5) is 12.7. The topological polar surface area (TPSA) is 75.3 Å². The molecule has 2 rings (SSSR count). The van der Waals surface area contributed by atoms with Crippen molar-refractivity contribution in [3.8, 4) is 0 Å². The van der Waals surface area contributed by atoms with Gasteiger partial charge in [-0.3, -0.25) is 4.79 Å². The summed E-state index contributed by atoms with van der Waals surface area (Å²) in [6.07, 6.45) is 7.84. The molecule has 0 radical (unpaired) electrons. The summed E-state index contributed by atoms with van der Waals surface area (Å²) in [5, 5.41) is 13.7. The number of benzene rings is 1. The van der Waals surface area contributed by atoms with Gasteiger partial charge in [-0.25, -0.2) is 0 Å². The molecule has 152 valence electrons. The van der Waals surface area contributed by atoms with Crippen molar-refractivity contribution in [3.63, 3.8) is 0 Å². The van der Waals surface area contributed by atoms with Gasteiger partial charge in [0.15, 0.2) is 0 Å². The van der Waals surface area contributed by atoms with Gasteiger partial charge in [-0.2, -0.15) is 0 Å². The predicted octanol–water partition coefficient (Wildman–Crippen LogP) is 4.01. The highest BCUT2D eigenvalue weighted by Gasteiger charge is 2.27. The van der Waals surface area contributed by atoms with Crippen molar-refractivity contribution in [2.24, 2.45) is 23.5 Å². The summed E-state index contributed by atoms with van der Waals surface area (Å²) in [5.41, 5.74) is 7.40. The lowest BCUT2D eigenvalue weighted by atomic mass is 9.82. The zero-order valence-corrected chi connectivity index (χ0v) is 17.1. The number of amides is 1. The van der Waals surface area contributed by atoms with E-state index >= 15 is 0 Å². The molecule has 1 aliphatic rings. The second-order valence-corrected chi connectivity index (χ2v) is 8.74. The van der Waals surface area contributed by atoms with E-state index in [9.17, 15) is 9.90 Å². The number of aliphatic hydroxyl groups is 1. The normalized spacial score (nSPS) is 18.9. The van der Waals surface area contributed by atoms with Crippen molar-refractivity contribution in [1.82, 2.24) is 5.32 Å². The molecule has 4 nitrogen and oxygen atoms in total. The molecule has 27 heavy (non-hydrogen) atoms. The van der Waals surface area contributed by atoms with Crippen LogP contribution in [-0.2, 0) is 11.3 Å². The van der Waals surface area contributed by atoms with Gasteiger partial charge in [-0.15, -0.1) is 0 Å². The van der Waals surface area contributed by atoms with Gasteiger partial charge in [0.2, 0.25) is 5.91 Å². The minimum absolute atomic E-state index is 0.0245. The first kappa shape index (κ1) is 21.9. The average Bonchev–Trinajstić information content (AvgIpc) is 2.66. The fourth-order valence-corrected chi connectivity index (χ4v) is 4.24. The van der Waals surface area contributed by atoms with Crippen LogP contribution in [0.15, 0.2) is 30.3 Å². The first-order chi connectivity index (χ1) is 13.0. The van der Waals surface area contributed by atoms with E-state index in [-0.39, 0.29) is 17.9 Å². The van der Waals surface area contributed by atoms with Crippen LogP contribution in [0.4, 0.5) is 0 Å². The van der Waals surface area contributed by atoms with Gasteiger partial charge in [-0.05, 0) is 36.7 Å². The van der Waals surface area contributed by atoms with Gasteiger partial charge >= 0.3 is 0 Å². The van der Waals surface area contributed by atoms with Crippen LogP contribution < -0.4 is 11.1 Å². The third-order valence-corrected chi connectivity index (χ3v) is 5.79. The van der Waals surface area contributed by atoms with Crippen molar-refractivity contribution >= 4 is 5.91 Å². The molecule has 1 amide bonds. The molecular weight excluding hydrogens is 336 g/mol. The average molecular weight is 375 g/mol. The predicted molar refractivity (Wildman–Crippen MR) is 111 cm³/mol. The summed E-state index contributed by atoms with van der Waals surface area (Å²) in [7, 11) is 0. The monoisotopic (exact) mass is 374 g/mol. The van der Waals surface area contributed by atoms with Crippen molar-refractivity contribution in [3.05, 3.63) is 35.9 Å². The van der Waals surface area contributed by atoms with Crippen molar-refractivity contribution < 1.29 is 9.90 Å². The van der Waals surface area contributed by atoms with Gasteiger partial charge in [0.05, 0.1) is 6.10 Å². The minimum Gasteiger partial charge on any atom is -0.391 e. The van der Waals surface area contributed by atoms with E-state index < -0.39 is 6.10 Å². The Morgan fingerprint density at radius 1 is 1.15 bits per heavy atom. The molecule has 1 fully saturated rings. The van der Waals surface area contributed by atoms with Crippen molar-refractivity contribution in [1.29, 1.82) is 0 Å². The number of carbonyl (C=O) groups is 1. The number of hydrogen-bond acceptors (Lipinski definition) is 3. The molecule has 1 saturated carbocycles. The molecule has 4 heteroatoms. The van der Waals surface area contributed by atoms with Crippen LogP contribution in [0.25, 0.3) is 0 Å². The molecular formula is C23H38N2O2. The molecule has 0 heterocycles. The fraction of sp³-hybridized carbons (Fsp3) is 0.696. The highest BCUT2D eigenvalue weighted by Crippen LogP contribution is 2.28. The van der Waals surface area contributed by atoms with Crippen LogP contribution in [0.3, 0.4) is 0 Å². The molecule has 4 N–H and O–H groups in total. The SMILES string of the molecule is CC(C)CC(CC(O)[C@@H](N)CC1CCCCC1)C(=O)NCc1ccccc1. The number of nitrogens with one attached hydrogen (secondary N) is 1. The second-order valence-electron chi connectivity index (χ2n) is 8.74. The lowest BCUT2D eigenvalue weighted by Crippen LogP contribution is -2.41. The van der Waals surface area contributed by atoms with E-state index in [1.54, 1.807) is 0 Å². The Hall–Kier alpha value is -1.39. The Balaban J connectivity index is 1.86. The number of hydrogen-bond donors (Lipinski definition) is 3. The number of rotatable bonds is 10. The molecule has 0 aromatic heterocycles. The highest BCUT2D eigenvalue weighted by atomic mass is 16.3. The minimum atomic E-state index is -0.613. The van der Waals surface area contributed by atoms with Crippen molar-refractivity contribution in [2.75, 3.05) is 0 Å². The molecule has 0 bridgehead atoms. The second kappa shape index (κ2) is 11.5. The maximum Gasteiger partial charge on any atom is 0.223 e. The van der Waals surface area contributed by atoms with Crippen LogP contribution in [-0.4, -0.2) is 23.2 Å². The molecule has 1 aliphatic carbocycles. The van der Waals surface area contributed by atoms with Gasteiger partial charge in [0.25, 0.3) is 0 Å². The van der Waals surface area contributed by atoms with Crippen LogP contribution in [0.5, 0.6) is 0 Å². The van der Waals surface area contributed by atoms with Crippen LogP contribution >= 0.6 is 0 Å². The molecule has 1 aromatic rings. The third kappa shape index (κ3) is 8.02. The Labute approximate surface area is 164 Å². The van der Waals surface area contributed by atoms with E-state index in [0.29, 0.717) is 24.8 Å². The van der Waals surface area contributed by atoms with E-state index in [1.165, 1.54) is 32.1 Å². The Kier molecular flexibility index (Phi) is 9.29. The van der Waals surface area contributed by atoms with Gasteiger partial charge in [0.1, 0.15) is 0 Å². The number of aliphatic hydroxyl groups excluding tert-OH is 1. The largest absolute Gasteiger partial charge is 0.391 e. The van der Waals surface area contributed by atoms with E-state index in [2.05, 4.69) is 19.2 Å². The smallest absolute Gasteiger partial charge is 0.223 e. The zero-order chi connectivity index (χ0) is 19.6. The van der Waals surface area contributed by atoms with E-state index in [4.69, 9.17) is 5.73 Å². The number of nitrogens with two attached hydrogens (primary N) is 1. The summed E-state index contributed by atoms with van der Waals surface area (Å²) in [6.45, 7) is 4.76. The standard InChI is InChI=1S/C23H38N2O2/c1-17(2)13-20(23(27)25-16-19-11-7-4-8-12-19)15-22(26)21(24)14-18-9-5-3-6-10-18/h4,7-8,11-12,17-18,20-22,26H,3,5-6,9-10,13-16,24H2,1-2H3,(H,25,27)/t20?,21-,22?/m0/s1. The molecule has 3 atom stereocenters. The Morgan fingerprint density at radius 3 is 2.44 bits per heavy atom. The first-order valence-electron chi connectivity index (χ1n) is 10.7. The summed E-state index contributed by atoms with van der Waals surface area (Å²) in [6, 6.07) is 9.70. The van der Waals surface area contributed by atoms with E-state index in [0.717, 1.165) is 18.4 Å². The molecule has 0 spiro atoms. The highest BCUT2D eigenvalue weighted by molar-refractivity contribution is 5.78. The van der Waals surface area contributed by atoms with E-state index in [1.807, 2.05) is 30.3 Å². The Morgan fingerprint density at radius 2 is 1.81 bits per heavy atom. The molecule has 0 aliphatic heterocycles. The van der Waals surface area contributed by atoms with Gasteiger partial charge in [-0.1, -0.05) is 76.3 Å². The fourth-order valence-electron chi connectivity index (χ4n) is 4.24. The first-order valence-corrected chi connectivity index (χ1v) is 10.7. The quantitative estimate of drug-likeness (QED) is 0.579. The third-order valence-electron chi connectivity index (χ3n) is 5.79. The van der Waals surface area contributed by atoms with Crippen LogP contribution in [0.2, 0.25) is 0 Å². The van der Waals surface area contributed by atoms with Crippen molar-refractivity contribution in [2.45, 2.75) is 83.9 Å². The molecule has 0 saturated heterocycles. The maximum absolute atomic E-state index is 12.7. The van der Waals surface area contributed by atoms with Gasteiger partial charge < -0.3 is 16.2 Å². The molecule has 2 unspecified atom stereocenters. The number of carbonyl (C=O) groups excluding carboxylic acids is 1. The lowest BCUT2D eigenvalue weighted by molar-refractivity contribution is -0.126. The zero-order valence-electron chi connectivity index (χ0n) is 17.1. The summed E-state index contributed by atoms with van der Waals surface area (Å²) >= 11 is 0. The molecule has 1 aromatic carbocycles. The Bertz CT molecular complexity index is 541.